The van der Waals surface area contributed by atoms with Crippen LogP contribution < -0.4 is 5.73 Å². The fraction of sp³-hybridized carbons (Fsp3) is 0.190. The fourth-order valence-corrected chi connectivity index (χ4v) is 4.17. The third kappa shape index (κ3) is 4.30. The van der Waals surface area contributed by atoms with Crippen molar-refractivity contribution < 1.29 is 35.7 Å². The van der Waals surface area contributed by atoms with Crippen LogP contribution in [0.1, 0.15) is 40.1 Å². The highest BCUT2D eigenvalue weighted by Crippen LogP contribution is 2.41. The van der Waals surface area contributed by atoms with Crippen molar-refractivity contribution >= 4 is 17.2 Å². The normalized spacial score (nSPS) is 13.3. The third-order valence-corrected chi connectivity index (χ3v) is 5.96. The van der Waals surface area contributed by atoms with Gasteiger partial charge in [-0.2, -0.15) is 31.4 Å². The topological polar surface area (TPSA) is 86.9 Å². The molecule has 1 aromatic carbocycles. The summed E-state index contributed by atoms with van der Waals surface area (Å²) in [6, 6.07) is 3.80. The van der Waals surface area contributed by atoms with E-state index in [-0.39, 0.29) is 28.6 Å². The number of nitrogens with two attached hydrogens (primary N) is 1. The molecule has 0 bridgehead atoms. The van der Waals surface area contributed by atoms with Crippen LogP contribution in [-0.4, -0.2) is 20.8 Å². The Morgan fingerprint density at radius 2 is 1.88 bits per heavy atom. The van der Waals surface area contributed by atoms with Crippen LogP contribution in [0, 0.1) is 0 Å². The number of benzene rings is 1. The summed E-state index contributed by atoms with van der Waals surface area (Å²) in [5.41, 5.74) is 2.45. The number of hydrogen-bond acceptors (Lipinski definition) is 5. The van der Waals surface area contributed by atoms with Gasteiger partial charge in [0.15, 0.2) is 11.5 Å². The van der Waals surface area contributed by atoms with Crippen LogP contribution >= 0.6 is 11.3 Å². The highest BCUT2D eigenvalue weighted by molar-refractivity contribution is 7.13. The van der Waals surface area contributed by atoms with Crippen LogP contribution in [0.3, 0.4) is 0 Å². The van der Waals surface area contributed by atoms with Crippen molar-refractivity contribution in [2.45, 2.75) is 25.3 Å². The molecule has 4 aromatic rings. The Morgan fingerprint density at radius 3 is 2.47 bits per heavy atom. The fourth-order valence-electron chi connectivity index (χ4n) is 3.47. The number of rotatable bonds is 5. The molecule has 0 saturated heterocycles. The number of hydrogen-bond donors (Lipinski definition) is 1. The number of aromatic nitrogens is 3. The maximum absolute atomic E-state index is 13.6. The predicted octanol–water partition coefficient (Wildman–Crippen LogP) is 6.01. The average molecular weight is 500 g/mol. The summed E-state index contributed by atoms with van der Waals surface area (Å²) in [4.78, 5) is 12.5. The average Bonchev–Trinajstić information content (AvgIpc) is 3.50. The van der Waals surface area contributed by atoms with E-state index in [2.05, 4.69) is 10.3 Å². The van der Waals surface area contributed by atoms with Gasteiger partial charge < -0.3 is 10.3 Å². The first kappa shape index (κ1) is 23.5. The molecule has 0 aliphatic carbocycles. The van der Waals surface area contributed by atoms with Crippen LogP contribution in [0.5, 0.6) is 0 Å². The molecule has 34 heavy (non-hydrogen) atoms. The number of carbonyl (C=O) groups excluding carboxylic acids is 1. The minimum Gasteiger partial charge on any atom is -0.364 e. The molecule has 1 atom stereocenters. The first-order chi connectivity index (χ1) is 15.9. The molecule has 3 heterocycles. The molecule has 178 valence electrons. The molecule has 1 amide bonds. The standard InChI is InChI=1S/C21H14F6N4O2S/c1-10(13-5-4-12(20(22,23)24)7-14(13)21(25,26)27)31-9-11(8-29-31)16-17(19(28)32)30-33-18(16)15-3-2-6-34-15/h2-10H,1H3,(H2,28,32). The summed E-state index contributed by atoms with van der Waals surface area (Å²) in [5, 5.41) is 9.54. The van der Waals surface area contributed by atoms with Crippen molar-refractivity contribution in [2.75, 3.05) is 0 Å². The molecule has 0 aliphatic heterocycles. The maximum Gasteiger partial charge on any atom is 0.416 e. The van der Waals surface area contributed by atoms with Crippen LogP contribution in [0.15, 0.2) is 52.6 Å². The van der Waals surface area contributed by atoms with Crippen LogP contribution in [0.4, 0.5) is 26.3 Å². The van der Waals surface area contributed by atoms with Gasteiger partial charge in [-0.05, 0) is 36.1 Å². The second kappa shape index (κ2) is 8.31. The van der Waals surface area contributed by atoms with Crippen molar-refractivity contribution in [3.05, 3.63) is 70.5 Å². The SMILES string of the molecule is CC(c1ccc(C(F)(F)F)cc1C(F)(F)F)n1cc(-c2c(C(N)=O)noc2-c2cccs2)cn1. The van der Waals surface area contributed by atoms with Gasteiger partial charge >= 0.3 is 12.4 Å². The number of nitrogens with zero attached hydrogens (tertiary/aromatic N) is 3. The molecule has 1 unspecified atom stereocenters. The van der Waals surface area contributed by atoms with E-state index in [0.717, 1.165) is 10.7 Å². The Morgan fingerprint density at radius 1 is 1.15 bits per heavy atom. The molecule has 0 aliphatic rings. The Hall–Kier alpha value is -3.61. The Balaban J connectivity index is 1.79. The van der Waals surface area contributed by atoms with Crippen molar-refractivity contribution in [3.8, 4) is 21.8 Å². The summed E-state index contributed by atoms with van der Waals surface area (Å²) in [7, 11) is 0. The van der Waals surface area contributed by atoms with Gasteiger partial charge in [-0.15, -0.1) is 11.3 Å². The molecule has 4 rings (SSSR count). The van der Waals surface area contributed by atoms with Crippen LogP contribution in [-0.2, 0) is 12.4 Å². The van der Waals surface area contributed by atoms with E-state index in [1.807, 2.05) is 0 Å². The largest absolute Gasteiger partial charge is 0.416 e. The van der Waals surface area contributed by atoms with Crippen LogP contribution in [0.2, 0.25) is 0 Å². The number of thiophene rings is 1. The Kier molecular flexibility index (Phi) is 5.75. The van der Waals surface area contributed by atoms with Crippen LogP contribution in [0.25, 0.3) is 21.8 Å². The van der Waals surface area contributed by atoms with E-state index in [1.54, 1.807) is 17.5 Å². The highest BCUT2D eigenvalue weighted by Gasteiger charge is 2.39. The summed E-state index contributed by atoms with van der Waals surface area (Å²) in [6.07, 6.45) is -7.33. The molecule has 0 radical (unpaired) electrons. The summed E-state index contributed by atoms with van der Waals surface area (Å²) in [6.45, 7) is 1.36. The zero-order valence-electron chi connectivity index (χ0n) is 17.1. The minimum atomic E-state index is -5.03. The smallest absolute Gasteiger partial charge is 0.364 e. The summed E-state index contributed by atoms with van der Waals surface area (Å²) >= 11 is 1.30. The quantitative estimate of drug-likeness (QED) is 0.340. The molecule has 0 saturated carbocycles. The van der Waals surface area contributed by atoms with Crippen molar-refractivity contribution in [3.63, 3.8) is 0 Å². The van der Waals surface area contributed by atoms with Gasteiger partial charge in [-0.3, -0.25) is 9.48 Å². The lowest BCUT2D eigenvalue weighted by atomic mass is 9.98. The number of primary amides is 1. The molecule has 0 spiro atoms. The second-order valence-electron chi connectivity index (χ2n) is 7.26. The highest BCUT2D eigenvalue weighted by atomic mass is 32.1. The third-order valence-electron chi connectivity index (χ3n) is 5.09. The molecule has 2 N–H and O–H groups in total. The van der Waals surface area contributed by atoms with Gasteiger partial charge in [0.25, 0.3) is 5.91 Å². The van der Waals surface area contributed by atoms with Gasteiger partial charge in [-0.25, -0.2) is 0 Å². The number of carbonyl (C=O) groups is 1. The minimum absolute atomic E-state index is 0.0797. The lowest BCUT2D eigenvalue weighted by molar-refractivity contribution is -0.143. The number of halogens is 6. The van der Waals surface area contributed by atoms with E-state index in [9.17, 15) is 31.1 Å². The second-order valence-corrected chi connectivity index (χ2v) is 8.21. The van der Waals surface area contributed by atoms with Crippen molar-refractivity contribution in [1.29, 1.82) is 0 Å². The number of alkyl halides is 6. The van der Waals surface area contributed by atoms with Gasteiger partial charge in [0.2, 0.25) is 0 Å². The van der Waals surface area contributed by atoms with E-state index >= 15 is 0 Å². The summed E-state index contributed by atoms with van der Waals surface area (Å²) in [5.74, 6) is -0.661. The zero-order valence-corrected chi connectivity index (χ0v) is 17.9. The monoisotopic (exact) mass is 500 g/mol. The van der Waals surface area contributed by atoms with E-state index in [1.165, 1.54) is 30.7 Å². The molecule has 0 fully saturated rings. The molecule has 13 heteroatoms. The lowest BCUT2D eigenvalue weighted by Crippen LogP contribution is -2.17. The van der Waals surface area contributed by atoms with E-state index in [4.69, 9.17) is 10.3 Å². The molecule has 6 nitrogen and oxygen atoms in total. The van der Waals surface area contributed by atoms with Gasteiger partial charge in [0, 0.05) is 11.8 Å². The van der Waals surface area contributed by atoms with Crippen molar-refractivity contribution in [2.24, 2.45) is 5.73 Å². The first-order valence-electron chi connectivity index (χ1n) is 9.54. The van der Waals surface area contributed by atoms with Gasteiger partial charge in [-0.1, -0.05) is 17.3 Å². The molecule has 3 aromatic heterocycles. The Labute approximate surface area is 191 Å². The zero-order chi connectivity index (χ0) is 24.8. The predicted molar refractivity (Wildman–Crippen MR) is 110 cm³/mol. The molecular formula is C21H14F6N4O2S. The first-order valence-corrected chi connectivity index (χ1v) is 10.4. The van der Waals surface area contributed by atoms with E-state index < -0.39 is 41.0 Å². The van der Waals surface area contributed by atoms with Gasteiger partial charge in [0.05, 0.1) is 33.8 Å². The maximum atomic E-state index is 13.6. The van der Waals surface area contributed by atoms with Crippen molar-refractivity contribution in [1.82, 2.24) is 14.9 Å². The number of amides is 1. The van der Waals surface area contributed by atoms with Gasteiger partial charge in [0.1, 0.15) is 0 Å². The summed E-state index contributed by atoms with van der Waals surface area (Å²) < 4.78 is 86.2. The molecular weight excluding hydrogens is 486 g/mol. The van der Waals surface area contributed by atoms with E-state index in [0.29, 0.717) is 10.9 Å². The Bertz CT molecular complexity index is 1340. The lowest BCUT2D eigenvalue weighted by Gasteiger charge is -2.20.